The van der Waals surface area contributed by atoms with Crippen molar-refractivity contribution in [2.75, 3.05) is 0 Å². The Labute approximate surface area is 93.3 Å². The summed E-state index contributed by atoms with van der Waals surface area (Å²) in [7, 11) is 0. The van der Waals surface area contributed by atoms with Crippen molar-refractivity contribution < 1.29 is 14.7 Å². The van der Waals surface area contributed by atoms with E-state index in [2.05, 4.69) is 5.32 Å². The van der Waals surface area contributed by atoms with Gasteiger partial charge in [0.1, 0.15) is 6.04 Å². The van der Waals surface area contributed by atoms with Crippen molar-refractivity contribution in [2.45, 2.75) is 25.3 Å². The topological polar surface area (TPSA) is 66.4 Å². The highest BCUT2D eigenvalue weighted by Crippen LogP contribution is 2.37. The van der Waals surface area contributed by atoms with E-state index >= 15 is 0 Å². The third-order valence-electron chi connectivity index (χ3n) is 2.92. The number of aliphatic carboxylic acids is 1. The monoisotopic (exact) mass is 219 g/mol. The zero-order valence-electron chi connectivity index (χ0n) is 8.93. The molecule has 1 aromatic rings. The SMILES string of the molecule is CC(=O)NC(C(=O)O)C1Cc2ccccc21. The fourth-order valence-electron chi connectivity index (χ4n) is 2.15. The summed E-state index contributed by atoms with van der Waals surface area (Å²) in [5.41, 5.74) is 2.20. The van der Waals surface area contributed by atoms with E-state index < -0.39 is 12.0 Å². The summed E-state index contributed by atoms with van der Waals surface area (Å²) in [4.78, 5) is 22.0. The van der Waals surface area contributed by atoms with Gasteiger partial charge in [-0.25, -0.2) is 4.79 Å². The molecule has 0 spiro atoms. The lowest BCUT2D eigenvalue weighted by Crippen LogP contribution is -2.47. The highest BCUT2D eigenvalue weighted by Gasteiger charge is 2.37. The van der Waals surface area contributed by atoms with Gasteiger partial charge in [0.15, 0.2) is 0 Å². The van der Waals surface area contributed by atoms with Crippen LogP contribution in [0.3, 0.4) is 0 Å². The average Bonchev–Trinajstić information content (AvgIpc) is 2.17. The minimum absolute atomic E-state index is 0.0994. The third kappa shape index (κ3) is 1.78. The van der Waals surface area contributed by atoms with E-state index in [1.807, 2.05) is 24.3 Å². The van der Waals surface area contributed by atoms with Crippen molar-refractivity contribution >= 4 is 11.9 Å². The molecular formula is C12H13NO3. The Morgan fingerprint density at radius 3 is 2.69 bits per heavy atom. The van der Waals surface area contributed by atoms with Crippen LogP contribution in [0.15, 0.2) is 24.3 Å². The van der Waals surface area contributed by atoms with Crippen LogP contribution < -0.4 is 5.32 Å². The first-order valence-electron chi connectivity index (χ1n) is 5.17. The van der Waals surface area contributed by atoms with Crippen LogP contribution in [-0.4, -0.2) is 23.0 Å². The Kier molecular flexibility index (Phi) is 2.64. The molecule has 84 valence electrons. The van der Waals surface area contributed by atoms with Gasteiger partial charge in [0.05, 0.1) is 0 Å². The van der Waals surface area contributed by atoms with E-state index in [9.17, 15) is 9.59 Å². The van der Waals surface area contributed by atoms with Gasteiger partial charge in [-0.2, -0.15) is 0 Å². The molecular weight excluding hydrogens is 206 g/mol. The van der Waals surface area contributed by atoms with E-state index in [-0.39, 0.29) is 11.8 Å². The van der Waals surface area contributed by atoms with Gasteiger partial charge in [-0.1, -0.05) is 24.3 Å². The first kappa shape index (κ1) is 10.7. The second kappa shape index (κ2) is 3.96. The van der Waals surface area contributed by atoms with Gasteiger partial charge in [-0.3, -0.25) is 4.79 Å². The van der Waals surface area contributed by atoms with Crippen LogP contribution in [0, 0.1) is 0 Å². The van der Waals surface area contributed by atoms with Crippen LogP contribution in [0.4, 0.5) is 0 Å². The van der Waals surface area contributed by atoms with E-state index in [1.54, 1.807) is 0 Å². The molecule has 2 unspecified atom stereocenters. The highest BCUT2D eigenvalue weighted by molar-refractivity contribution is 5.83. The molecule has 0 saturated heterocycles. The Balaban J connectivity index is 2.19. The third-order valence-corrected chi connectivity index (χ3v) is 2.92. The molecule has 16 heavy (non-hydrogen) atoms. The lowest BCUT2D eigenvalue weighted by molar-refractivity contribution is -0.142. The summed E-state index contributed by atoms with van der Waals surface area (Å²) in [5, 5.41) is 11.6. The van der Waals surface area contributed by atoms with E-state index in [1.165, 1.54) is 12.5 Å². The number of benzene rings is 1. The van der Waals surface area contributed by atoms with E-state index in [4.69, 9.17) is 5.11 Å². The van der Waals surface area contributed by atoms with Gasteiger partial charge in [-0.05, 0) is 17.5 Å². The fraction of sp³-hybridized carbons (Fsp3) is 0.333. The standard InChI is InChI=1S/C12H13NO3/c1-7(14)13-11(12(15)16)10-6-8-4-2-3-5-9(8)10/h2-5,10-11H,6H2,1H3,(H,13,14)(H,15,16). The van der Waals surface area contributed by atoms with Gasteiger partial charge >= 0.3 is 5.97 Å². The lowest BCUT2D eigenvalue weighted by atomic mass is 9.73. The Morgan fingerprint density at radius 1 is 1.44 bits per heavy atom. The predicted octanol–water partition coefficient (Wildman–Crippen LogP) is 0.916. The van der Waals surface area contributed by atoms with Gasteiger partial charge in [-0.15, -0.1) is 0 Å². The van der Waals surface area contributed by atoms with Crippen LogP contribution in [0.1, 0.15) is 24.0 Å². The van der Waals surface area contributed by atoms with Gasteiger partial charge in [0.25, 0.3) is 0 Å². The van der Waals surface area contributed by atoms with Gasteiger partial charge < -0.3 is 10.4 Å². The number of fused-ring (bicyclic) bond motifs is 1. The normalized spacial score (nSPS) is 19.2. The molecule has 2 atom stereocenters. The van der Waals surface area contributed by atoms with Crippen molar-refractivity contribution in [3.63, 3.8) is 0 Å². The Hall–Kier alpha value is -1.84. The number of carboxylic acids is 1. The summed E-state index contributed by atoms with van der Waals surface area (Å²) in [6, 6.07) is 6.91. The van der Waals surface area contributed by atoms with Crippen LogP contribution in [0.2, 0.25) is 0 Å². The first-order valence-corrected chi connectivity index (χ1v) is 5.17. The molecule has 1 amide bonds. The smallest absolute Gasteiger partial charge is 0.326 e. The van der Waals surface area contributed by atoms with E-state index in [0.717, 1.165) is 5.56 Å². The molecule has 1 aromatic carbocycles. The largest absolute Gasteiger partial charge is 0.480 e. The summed E-state index contributed by atoms with van der Waals surface area (Å²) in [6.07, 6.45) is 0.716. The average molecular weight is 219 g/mol. The zero-order chi connectivity index (χ0) is 11.7. The molecule has 1 aliphatic carbocycles. The van der Waals surface area contributed by atoms with Crippen molar-refractivity contribution in [3.05, 3.63) is 35.4 Å². The van der Waals surface area contributed by atoms with Gasteiger partial charge in [0, 0.05) is 12.8 Å². The zero-order valence-corrected chi connectivity index (χ0v) is 8.93. The van der Waals surface area contributed by atoms with Crippen molar-refractivity contribution in [2.24, 2.45) is 0 Å². The molecule has 0 radical (unpaired) electrons. The molecule has 1 aliphatic rings. The minimum Gasteiger partial charge on any atom is -0.480 e. The van der Waals surface area contributed by atoms with E-state index in [0.29, 0.717) is 6.42 Å². The molecule has 4 heteroatoms. The van der Waals surface area contributed by atoms with Crippen LogP contribution in [-0.2, 0) is 16.0 Å². The summed E-state index contributed by atoms with van der Waals surface area (Å²) in [5.74, 6) is -1.39. The second-order valence-corrected chi connectivity index (χ2v) is 4.03. The van der Waals surface area contributed by atoms with Crippen molar-refractivity contribution in [3.8, 4) is 0 Å². The maximum Gasteiger partial charge on any atom is 0.326 e. The number of hydrogen-bond acceptors (Lipinski definition) is 2. The first-order chi connectivity index (χ1) is 7.59. The highest BCUT2D eigenvalue weighted by atomic mass is 16.4. The molecule has 0 bridgehead atoms. The molecule has 4 nitrogen and oxygen atoms in total. The molecule has 0 aromatic heterocycles. The number of carbonyl (C=O) groups is 2. The van der Waals surface area contributed by atoms with Crippen LogP contribution in [0.5, 0.6) is 0 Å². The summed E-state index contributed by atoms with van der Waals surface area (Å²) in [6.45, 7) is 1.33. The number of nitrogens with one attached hydrogen (secondary N) is 1. The number of amides is 1. The number of carboxylic acid groups (broad SMARTS) is 1. The number of hydrogen-bond donors (Lipinski definition) is 2. The number of carbonyl (C=O) groups excluding carboxylic acids is 1. The maximum absolute atomic E-state index is 11.1. The summed E-state index contributed by atoms with van der Waals surface area (Å²) < 4.78 is 0. The Morgan fingerprint density at radius 2 is 2.12 bits per heavy atom. The number of rotatable bonds is 3. The van der Waals surface area contributed by atoms with Crippen molar-refractivity contribution in [1.29, 1.82) is 0 Å². The molecule has 0 aliphatic heterocycles. The molecule has 2 rings (SSSR count). The molecule has 0 saturated carbocycles. The molecule has 0 heterocycles. The van der Waals surface area contributed by atoms with Gasteiger partial charge in [0.2, 0.25) is 5.91 Å². The molecule has 0 fully saturated rings. The van der Waals surface area contributed by atoms with Crippen LogP contribution in [0.25, 0.3) is 0 Å². The maximum atomic E-state index is 11.1. The second-order valence-electron chi connectivity index (χ2n) is 4.03. The predicted molar refractivity (Wildman–Crippen MR) is 58.1 cm³/mol. The lowest BCUT2D eigenvalue weighted by Gasteiger charge is -2.34. The molecule has 2 N–H and O–H groups in total. The quantitative estimate of drug-likeness (QED) is 0.794. The minimum atomic E-state index is -0.977. The Bertz CT molecular complexity index is 442. The van der Waals surface area contributed by atoms with Crippen molar-refractivity contribution in [1.82, 2.24) is 5.32 Å². The van der Waals surface area contributed by atoms with Crippen LogP contribution >= 0.6 is 0 Å². The fourth-order valence-corrected chi connectivity index (χ4v) is 2.15. The summed E-state index contributed by atoms with van der Waals surface area (Å²) >= 11 is 0.